The zero-order valence-electron chi connectivity index (χ0n) is 16.7. The van der Waals surface area contributed by atoms with Crippen LogP contribution in [0.4, 0.5) is 5.69 Å². The van der Waals surface area contributed by atoms with E-state index in [0.29, 0.717) is 6.10 Å². The highest BCUT2D eigenvalue weighted by Crippen LogP contribution is 2.31. The Labute approximate surface area is 167 Å². The largest absolute Gasteiger partial charge is 0.474 e. The van der Waals surface area contributed by atoms with Crippen molar-refractivity contribution in [3.63, 3.8) is 0 Å². The summed E-state index contributed by atoms with van der Waals surface area (Å²) in [6, 6.07) is 6.53. The van der Waals surface area contributed by atoms with Gasteiger partial charge in [0.15, 0.2) is 0 Å². The number of ether oxygens (including phenoxy) is 1. The van der Waals surface area contributed by atoms with E-state index in [1.165, 1.54) is 51.1 Å². The molecule has 2 aromatic rings. The Morgan fingerprint density at radius 3 is 2.32 bits per heavy atom. The summed E-state index contributed by atoms with van der Waals surface area (Å²) < 4.78 is 6.12. The average Bonchev–Trinajstić information content (AvgIpc) is 3.23. The summed E-state index contributed by atoms with van der Waals surface area (Å²) in [5.41, 5.74) is 2.23. The van der Waals surface area contributed by atoms with Crippen LogP contribution in [-0.4, -0.2) is 78.2 Å². The number of anilines is 1. The van der Waals surface area contributed by atoms with Gasteiger partial charge in [-0.05, 0) is 63.4 Å². The molecule has 1 aromatic carbocycles. The number of piperazine rings is 1. The Kier molecular flexibility index (Phi) is 5.32. The molecule has 0 atom stereocenters. The van der Waals surface area contributed by atoms with Gasteiger partial charge in [-0.2, -0.15) is 0 Å². The number of rotatable bonds is 6. The first-order valence-electron chi connectivity index (χ1n) is 11.0. The first-order chi connectivity index (χ1) is 13.8. The minimum absolute atomic E-state index is 0.334. The zero-order chi connectivity index (χ0) is 18.8. The van der Waals surface area contributed by atoms with Crippen molar-refractivity contribution in [3.05, 3.63) is 24.5 Å². The summed E-state index contributed by atoms with van der Waals surface area (Å²) in [7, 11) is 0. The molecular formula is C22H31N5O. The number of hydrogen-bond donors (Lipinski definition) is 0. The molecule has 3 heterocycles. The quantitative estimate of drug-likeness (QED) is 0.767. The Hall–Kier alpha value is -1.92. The molecule has 0 radical (unpaired) electrons. The van der Waals surface area contributed by atoms with Gasteiger partial charge in [0.1, 0.15) is 12.4 Å². The third-order valence-corrected chi connectivity index (χ3v) is 6.58. The first-order valence-corrected chi connectivity index (χ1v) is 11.0. The second-order valence-electron chi connectivity index (χ2n) is 8.43. The molecule has 6 nitrogen and oxygen atoms in total. The second kappa shape index (κ2) is 8.21. The van der Waals surface area contributed by atoms with Gasteiger partial charge in [-0.15, -0.1) is 0 Å². The van der Waals surface area contributed by atoms with Crippen LogP contribution in [0.3, 0.4) is 0 Å². The highest BCUT2D eigenvalue weighted by molar-refractivity contribution is 5.86. The SMILES string of the molecule is c1nc(OC2CCC2)c2cc(N3CCN(CCN4CCCC4)CC3)ccc2n1. The Morgan fingerprint density at radius 1 is 0.857 bits per heavy atom. The molecule has 3 fully saturated rings. The lowest BCUT2D eigenvalue weighted by Gasteiger charge is -2.36. The van der Waals surface area contributed by atoms with E-state index in [0.717, 1.165) is 55.8 Å². The molecule has 0 N–H and O–H groups in total. The third-order valence-electron chi connectivity index (χ3n) is 6.58. The van der Waals surface area contributed by atoms with Crippen LogP contribution in [0.15, 0.2) is 24.5 Å². The fraction of sp³-hybridized carbons (Fsp3) is 0.636. The molecular weight excluding hydrogens is 350 g/mol. The molecule has 1 aliphatic carbocycles. The van der Waals surface area contributed by atoms with E-state index < -0.39 is 0 Å². The maximum absolute atomic E-state index is 6.12. The summed E-state index contributed by atoms with van der Waals surface area (Å²) in [4.78, 5) is 16.6. The summed E-state index contributed by atoms with van der Waals surface area (Å²) in [6.45, 7) is 9.48. The number of likely N-dealkylation sites (tertiary alicyclic amines) is 1. The van der Waals surface area contributed by atoms with Crippen molar-refractivity contribution in [2.75, 3.05) is 57.3 Å². The van der Waals surface area contributed by atoms with E-state index in [9.17, 15) is 0 Å². The summed E-state index contributed by atoms with van der Waals surface area (Å²) in [5, 5.41) is 1.04. The molecule has 3 aliphatic rings. The lowest BCUT2D eigenvalue weighted by atomic mass is 9.96. The van der Waals surface area contributed by atoms with E-state index >= 15 is 0 Å². The molecule has 0 amide bonds. The predicted molar refractivity (Wildman–Crippen MR) is 112 cm³/mol. The van der Waals surface area contributed by atoms with Crippen LogP contribution in [0.5, 0.6) is 5.88 Å². The number of nitrogens with zero attached hydrogens (tertiary/aromatic N) is 5. The van der Waals surface area contributed by atoms with Gasteiger partial charge in [-0.3, -0.25) is 4.90 Å². The predicted octanol–water partition coefficient (Wildman–Crippen LogP) is 2.78. The topological polar surface area (TPSA) is 44.7 Å². The first kappa shape index (κ1) is 18.1. The van der Waals surface area contributed by atoms with E-state index in [1.54, 1.807) is 6.33 Å². The fourth-order valence-corrected chi connectivity index (χ4v) is 4.48. The van der Waals surface area contributed by atoms with E-state index in [-0.39, 0.29) is 0 Å². The molecule has 0 bridgehead atoms. The molecule has 2 saturated heterocycles. The van der Waals surface area contributed by atoms with Crippen LogP contribution < -0.4 is 9.64 Å². The van der Waals surface area contributed by atoms with Crippen molar-refractivity contribution < 1.29 is 4.74 Å². The molecule has 0 spiro atoms. The highest BCUT2D eigenvalue weighted by Gasteiger charge is 2.22. The van der Waals surface area contributed by atoms with Gasteiger partial charge >= 0.3 is 0 Å². The minimum Gasteiger partial charge on any atom is -0.474 e. The molecule has 1 saturated carbocycles. The van der Waals surface area contributed by atoms with Crippen molar-refractivity contribution in [2.24, 2.45) is 0 Å². The molecule has 2 aliphatic heterocycles. The Bertz CT molecular complexity index is 795. The molecule has 5 rings (SSSR count). The molecule has 150 valence electrons. The monoisotopic (exact) mass is 381 g/mol. The van der Waals surface area contributed by atoms with E-state index in [1.807, 2.05) is 0 Å². The van der Waals surface area contributed by atoms with Gasteiger partial charge in [-0.1, -0.05) is 0 Å². The lowest BCUT2D eigenvalue weighted by Crippen LogP contribution is -2.48. The van der Waals surface area contributed by atoms with Crippen LogP contribution in [0.1, 0.15) is 32.1 Å². The van der Waals surface area contributed by atoms with Crippen molar-refractivity contribution in [2.45, 2.75) is 38.2 Å². The molecule has 28 heavy (non-hydrogen) atoms. The lowest BCUT2D eigenvalue weighted by molar-refractivity contribution is 0.116. The Morgan fingerprint density at radius 2 is 1.61 bits per heavy atom. The van der Waals surface area contributed by atoms with Crippen LogP contribution in [-0.2, 0) is 0 Å². The average molecular weight is 382 g/mol. The number of aromatic nitrogens is 2. The summed E-state index contributed by atoms with van der Waals surface area (Å²) >= 11 is 0. The van der Waals surface area contributed by atoms with Gasteiger partial charge in [0.2, 0.25) is 5.88 Å². The van der Waals surface area contributed by atoms with Crippen LogP contribution in [0, 0.1) is 0 Å². The minimum atomic E-state index is 0.334. The number of benzene rings is 1. The Balaban J connectivity index is 1.23. The van der Waals surface area contributed by atoms with E-state index in [2.05, 4.69) is 42.9 Å². The fourth-order valence-electron chi connectivity index (χ4n) is 4.48. The van der Waals surface area contributed by atoms with Crippen molar-refractivity contribution in [3.8, 4) is 5.88 Å². The van der Waals surface area contributed by atoms with Gasteiger partial charge in [0.25, 0.3) is 0 Å². The van der Waals surface area contributed by atoms with Gasteiger partial charge in [-0.25, -0.2) is 9.97 Å². The molecule has 6 heteroatoms. The second-order valence-corrected chi connectivity index (χ2v) is 8.43. The smallest absolute Gasteiger partial charge is 0.224 e. The number of hydrogen-bond acceptors (Lipinski definition) is 6. The van der Waals surface area contributed by atoms with Crippen molar-refractivity contribution in [1.82, 2.24) is 19.8 Å². The van der Waals surface area contributed by atoms with Crippen molar-refractivity contribution in [1.29, 1.82) is 0 Å². The maximum Gasteiger partial charge on any atom is 0.224 e. The summed E-state index contributed by atoms with van der Waals surface area (Å²) in [5.74, 6) is 0.751. The van der Waals surface area contributed by atoms with Crippen LogP contribution in [0.2, 0.25) is 0 Å². The molecule has 0 unspecified atom stereocenters. The van der Waals surface area contributed by atoms with Crippen LogP contribution in [0.25, 0.3) is 10.9 Å². The van der Waals surface area contributed by atoms with Crippen LogP contribution >= 0.6 is 0 Å². The normalized spacial score (nSPS) is 21.9. The van der Waals surface area contributed by atoms with Gasteiger partial charge in [0, 0.05) is 45.0 Å². The standard InChI is InChI=1S/C22H31N5O/c1-2-9-25(8-1)10-11-26-12-14-27(15-13-26)18-6-7-21-20(16-18)22(24-17-23-21)28-19-4-3-5-19/h6-7,16-17,19H,1-5,8-15H2. The molecule has 1 aromatic heterocycles. The van der Waals surface area contributed by atoms with Crippen molar-refractivity contribution >= 4 is 16.6 Å². The highest BCUT2D eigenvalue weighted by atomic mass is 16.5. The maximum atomic E-state index is 6.12. The van der Waals surface area contributed by atoms with E-state index in [4.69, 9.17) is 4.74 Å². The van der Waals surface area contributed by atoms with Gasteiger partial charge < -0.3 is 14.5 Å². The van der Waals surface area contributed by atoms with Gasteiger partial charge in [0.05, 0.1) is 10.9 Å². The zero-order valence-corrected chi connectivity index (χ0v) is 16.7. The third kappa shape index (κ3) is 3.94. The summed E-state index contributed by atoms with van der Waals surface area (Å²) in [6.07, 6.45) is 8.27. The number of fused-ring (bicyclic) bond motifs is 1.